The molecule has 2 amide bonds. The number of nitrogens with zero attached hydrogens (tertiary/aromatic N) is 5. The molecule has 6 rings (SSSR count). The number of amides is 2. The van der Waals surface area contributed by atoms with Crippen molar-refractivity contribution in [3.05, 3.63) is 111 Å². The van der Waals surface area contributed by atoms with Gasteiger partial charge >= 0.3 is 0 Å². The molecule has 49 heavy (non-hydrogen) atoms. The largest absolute Gasteiger partial charge is 0.497 e. The molecule has 0 saturated carbocycles. The molecule has 1 aliphatic rings. The monoisotopic (exact) mass is 696 g/mol. The highest BCUT2D eigenvalue weighted by atomic mass is 32.2. The molecule has 0 aliphatic carbocycles. The summed E-state index contributed by atoms with van der Waals surface area (Å²) in [6, 6.07) is 22.3. The van der Waals surface area contributed by atoms with Crippen molar-refractivity contribution in [3.8, 4) is 22.9 Å². The van der Waals surface area contributed by atoms with Gasteiger partial charge in [0.05, 0.1) is 55.9 Å². The molecule has 0 unspecified atom stereocenters. The van der Waals surface area contributed by atoms with Gasteiger partial charge in [-0.3, -0.25) is 14.2 Å². The summed E-state index contributed by atoms with van der Waals surface area (Å²) >= 11 is 2.85. The third-order valence-corrected chi connectivity index (χ3v) is 9.97. The van der Waals surface area contributed by atoms with Crippen LogP contribution in [0.1, 0.15) is 50.2 Å². The Morgan fingerprint density at radius 2 is 1.80 bits per heavy atom. The van der Waals surface area contributed by atoms with Gasteiger partial charge in [-0.25, -0.2) is 5.01 Å². The molecule has 1 N–H and O–H groups in total. The summed E-state index contributed by atoms with van der Waals surface area (Å²) < 4.78 is 18.5. The summed E-state index contributed by atoms with van der Waals surface area (Å²) in [7, 11) is 4.74. The van der Waals surface area contributed by atoms with Gasteiger partial charge in [0.1, 0.15) is 5.75 Å². The topological polar surface area (TPSA) is 120 Å². The van der Waals surface area contributed by atoms with Crippen molar-refractivity contribution < 1.29 is 23.8 Å². The second-order valence-electron chi connectivity index (χ2n) is 11.3. The maximum absolute atomic E-state index is 14.1. The van der Waals surface area contributed by atoms with Crippen molar-refractivity contribution in [2.75, 3.05) is 27.1 Å². The van der Waals surface area contributed by atoms with Crippen LogP contribution in [0.4, 0.5) is 0 Å². The van der Waals surface area contributed by atoms with Crippen LogP contribution in [0.15, 0.2) is 88.4 Å². The zero-order valence-electron chi connectivity index (χ0n) is 27.8. The predicted octanol–water partition coefficient (Wildman–Crippen LogP) is 6.37. The highest BCUT2D eigenvalue weighted by Gasteiger charge is 2.36. The van der Waals surface area contributed by atoms with Crippen LogP contribution in [0.3, 0.4) is 0 Å². The van der Waals surface area contributed by atoms with Gasteiger partial charge in [0.15, 0.2) is 22.5 Å². The highest BCUT2D eigenvalue weighted by Crippen LogP contribution is 2.42. The van der Waals surface area contributed by atoms with E-state index in [0.29, 0.717) is 40.2 Å². The number of hydrazone groups is 1. The predicted molar refractivity (Wildman–Crippen MR) is 190 cm³/mol. The van der Waals surface area contributed by atoms with Gasteiger partial charge in [0, 0.05) is 17.5 Å². The Morgan fingerprint density at radius 3 is 2.55 bits per heavy atom. The number of rotatable bonds is 12. The Kier molecular flexibility index (Phi) is 10.3. The number of methoxy groups -OCH3 is 3. The lowest BCUT2D eigenvalue weighted by Crippen LogP contribution is -2.29. The molecule has 0 bridgehead atoms. The molecule has 0 saturated heterocycles. The van der Waals surface area contributed by atoms with Gasteiger partial charge in [0.25, 0.3) is 11.8 Å². The quantitative estimate of drug-likeness (QED) is 0.150. The first-order valence-corrected chi connectivity index (χ1v) is 17.4. The molecule has 11 nitrogen and oxygen atoms in total. The smallest absolute Gasteiger partial charge is 0.253 e. The van der Waals surface area contributed by atoms with E-state index in [2.05, 4.69) is 15.5 Å². The zero-order valence-corrected chi connectivity index (χ0v) is 29.4. The number of thiophene rings is 1. The number of benzene rings is 3. The van der Waals surface area contributed by atoms with E-state index in [0.717, 1.165) is 33.0 Å². The molecular weight excluding hydrogens is 661 g/mol. The number of para-hydroxylation sites is 1. The Morgan fingerprint density at radius 1 is 0.959 bits per heavy atom. The molecule has 1 atom stereocenters. The number of aromatic nitrogens is 3. The van der Waals surface area contributed by atoms with Crippen LogP contribution in [0.5, 0.6) is 17.2 Å². The first kappa shape index (κ1) is 33.7. The minimum Gasteiger partial charge on any atom is -0.497 e. The van der Waals surface area contributed by atoms with E-state index in [4.69, 9.17) is 19.3 Å². The standard InChI is InChI=1S/C36H36N6O5S2/c1-22-14-15-23(2)28(17-22)41-32(20-37-35(44)24-9-6-10-25(18-24)45-3)38-39-36(41)49-21-33(43)42-29(19-27(40-42)31-13-8-16-48-31)26-11-7-12-30(46-4)34(26)47-5/h6-18,29H,19-21H2,1-5H3,(H,37,44)/t29-/m0/s1. The van der Waals surface area contributed by atoms with Crippen LogP contribution >= 0.6 is 23.1 Å². The fourth-order valence-electron chi connectivity index (χ4n) is 5.68. The SMILES string of the molecule is COc1cccc(C(=O)NCc2nnc(SCC(=O)N3N=C(c4cccs4)C[C@H]3c3cccc(OC)c3OC)n2-c2cc(C)ccc2C)c1. The van der Waals surface area contributed by atoms with Crippen LogP contribution < -0.4 is 19.5 Å². The van der Waals surface area contributed by atoms with E-state index in [-0.39, 0.29) is 24.1 Å². The molecule has 0 fully saturated rings. The molecular formula is C36H36N6O5S2. The maximum Gasteiger partial charge on any atom is 0.253 e. The van der Waals surface area contributed by atoms with Crippen LogP contribution in [0.2, 0.25) is 0 Å². The molecule has 1 aliphatic heterocycles. The molecule has 3 heterocycles. The van der Waals surface area contributed by atoms with Gasteiger partial charge in [-0.1, -0.05) is 48.2 Å². The zero-order chi connectivity index (χ0) is 34.5. The summed E-state index contributed by atoms with van der Waals surface area (Å²) in [6.45, 7) is 4.13. The summed E-state index contributed by atoms with van der Waals surface area (Å²) in [5.41, 5.74) is 5.01. The van der Waals surface area contributed by atoms with Crippen molar-refractivity contribution >= 4 is 40.6 Å². The van der Waals surface area contributed by atoms with Gasteiger partial charge in [0.2, 0.25) is 0 Å². The molecule has 13 heteroatoms. The molecule has 3 aromatic carbocycles. The number of thioether (sulfide) groups is 1. The Balaban J connectivity index is 1.28. The Bertz CT molecular complexity index is 2010. The number of aryl methyl sites for hydroxylation is 2. The maximum atomic E-state index is 14.1. The van der Waals surface area contributed by atoms with E-state index in [1.54, 1.807) is 61.9 Å². The summed E-state index contributed by atoms with van der Waals surface area (Å²) in [4.78, 5) is 28.1. The Labute approximate surface area is 292 Å². The van der Waals surface area contributed by atoms with E-state index in [1.165, 1.54) is 11.8 Å². The normalized spacial score (nSPS) is 14.0. The number of ether oxygens (including phenoxy) is 3. The van der Waals surface area contributed by atoms with E-state index >= 15 is 0 Å². The van der Waals surface area contributed by atoms with Gasteiger partial charge < -0.3 is 19.5 Å². The van der Waals surface area contributed by atoms with Crippen molar-refractivity contribution in [3.63, 3.8) is 0 Å². The first-order valence-electron chi connectivity index (χ1n) is 15.5. The number of hydrogen-bond donors (Lipinski definition) is 1. The highest BCUT2D eigenvalue weighted by molar-refractivity contribution is 7.99. The molecule has 252 valence electrons. The minimum absolute atomic E-state index is 0.0448. The lowest BCUT2D eigenvalue weighted by Gasteiger charge is -2.24. The van der Waals surface area contributed by atoms with Crippen molar-refractivity contribution in [2.24, 2.45) is 5.10 Å². The van der Waals surface area contributed by atoms with Crippen molar-refractivity contribution in [1.29, 1.82) is 0 Å². The lowest BCUT2D eigenvalue weighted by molar-refractivity contribution is -0.130. The number of hydrogen-bond acceptors (Lipinski definition) is 10. The fraction of sp³-hybridized carbons (Fsp3) is 0.250. The number of carbonyl (C=O) groups excluding carboxylic acids is 2. The average molecular weight is 697 g/mol. The van der Waals surface area contributed by atoms with Gasteiger partial charge in [-0.2, -0.15) is 5.10 Å². The Hall–Kier alpha value is -5.14. The fourth-order valence-corrected chi connectivity index (χ4v) is 7.21. The summed E-state index contributed by atoms with van der Waals surface area (Å²) in [5.74, 6) is 1.84. The van der Waals surface area contributed by atoms with Crippen molar-refractivity contribution in [2.45, 2.75) is 38.0 Å². The minimum atomic E-state index is -0.394. The molecule has 2 aromatic heterocycles. The average Bonchev–Trinajstić information content (AvgIpc) is 3.90. The second kappa shape index (κ2) is 15.0. The number of nitrogens with one attached hydrogen (secondary N) is 1. The van der Waals surface area contributed by atoms with Crippen LogP contribution in [0, 0.1) is 13.8 Å². The number of carbonyl (C=O) groups is 2. The van der Waals surface area contributed by atoms with Crippen molar-refractivity contribution in [1.82, 2.24) is 25.1 Å². The third kappa shape index (κ3) is 7.18. The van der Waals surface area contributed by atoms with Crippen LogP contribution in [-0.2, 0) is 11.3 Å². The van der Waals surface area contributed by atoms with Gasteiger partial charge in [-0.15, -0.1) is 21.5 Å². The first-order chi connectivity index (χ1) is 23.8. The summed E-state index contributed by atoms with van der Waals surface area (Å²) in [5, 5.41) is 20.8. The third-order valence-electron chi connectivity index (χ3n) is 8.13. The molecule has 0 radical (unpaired) electrons. The summed E-state index contributed by atoms with van der Waals surface area (Å²) in [6.07, 6.45) is 0.524. The van der Waals surface area contributed by atoms with Crippen LogP contribution in [0.25, 0.3) is 5.69 Å². The molecule has 0 spiro atoms. The van der Waals surface area contributed by atoms with Crippen LogP contribution in [-0.4, -0.2) is 64.4 Å². The van der Waals surface area contributed by atoms with E-state index < -0.39 is 6.04 Å². The van der Waals surface area contributed by atoms with Gasteiger partial charge in [-0.05, 0) is 66.8 Å². The lowest BCUT2D eigenvalue weighted by atomic mass is 9.99. The second-order valence-corrected chi connectivity index (χ2v) is 13.2. The molecule has 5 aromatic rings. The van der Waals surface area contributed by atoms with E-state index in [1.807, 2.05) is 72.3 Å². The van der Waals surface area contributed by atoms with E-state index in [9.17, 15) is 9.59 Å².